The highest BCUT2D eigenvalue weighted by molar-refractivity contribution is 5.94. The van der Waals surface area contributed by atoms with Gasteiger partial charge in [-0.25, -0.2) is 9.07 Å². The van der Waals surface area contributed by atoms with E-state index in [2.05, 4.69) is 16.5 Å². The molecule has 3 aromatic rings. The van der Waals surface area contributed by atoms with Gasteiger partial charge in [-0.1, -0.05) is 17.7 Å². The maximum Gasteiger partial charge on any atom is 0.270 e. The number of amides is 1. The molecule has 2 aromatic carbocycles. The predicted octanol–water partition coefficient (Wildman–Crippen LogP) is 4.19. The van der Waals surface area contributed by atoms with Crippen LogP contribution in [0.2, 0.25) is 0 Å². The van der Waals surface area contributed by atoms with Crippen LogP contribution in [-0.4, -0.2) is 21.7 Å². The third-order valence-electron chi connectivity index (χ3n) is 4.58. The molecule has 1 aliphatic carbocycles. The number of carbonyl (C=O) groups excluding carboxylic acids is 1. The normalized spacial score (nSPS) is 13.7. The molecule has 0 unspecified atom stereocenters. The lowest BCUT2D eigenvalue weighted by molar-refractivity contribution is 0.0943. The first-order valence-corrected chi connectivity index (χ1v) is 8.76. The summed E-state index contributed by atoms with van der Waals surface area (Å²) >= 11 is 0. The molecule has 0 spiro atoms. The van der Waals surface area contributed by atoms with Crippen molar-refractivity contribution in [2.45, 2.75) is 32.7 Å². The summed E-state index contributed by atoms with van der Waals surface area (Å²) in [6, 6.07) is 14.2. The lowest BCUT2D eigenvalue weighted by Crippen LogP contribution is -2.27. The maximum atomic E-state index is 13.2. The van der Waals surface area contributed by atoms with Gasteiger partial charge in [0.2, 0.25) is 0 Å². The topological polar surface area (TPSA) is 46.9 Å². The summed E-state index contributed by atoms with van der Waals surface area (Å²) in [5.74, 6) is -0.428. The second-order valence-corrected chi connectivity index (χ2v) is 6.87. The number of aromatic nitrogens is 2. The second kappa shape index (κ2) is 6.41. The smallest absolute Gasteiger partial charge is 0.270 e. The fourth-order valence-corrected chi connectivity index (χ4v) is 3.02. The minimum atomic E-state index is -0.297. The van der Waals surface area contributed by atoms with E-state index in [9.17, 15) is 9.18 Å². The summed E-state index contributed by atoms with van der Waals surface area (Å²) in [5.41, 5.74) is 4.97. The molecule has 0 aliphatic heterocycles. The van der Waals surface area contributed by atoms with Crippen molar-refractivity contribution in [2.24, 2.45) is 0 Å². The molecule has 0 radical (unpaired) electrons. The van der Waals surface area contributed by atoms with Gasteiger partial charge in [0, 0.05) is 11.6 Å². The number of hydrogen-bond donors (Lipinski definition) is 1. The Balaban J connectivity index is 1.81. The number of aryl methyl sites for hydroxylation is 2. The van der Waals surface area contributed by atoms with Gasteiger partial charge >= 0.3 is 0 Å². The molecule has 4 nitrogen and oxygen atoms in total. The van der Waals surface area contributed by atoms with Gasteiger partial charge in [-0.3, -0.25) is 4.79 Å². The zero-order valence-electron chi connectivity index (χ0n) is 14.8. The SMILES string of the molecule is Cc1ccc(-n2nc(-c3ccc(F)cc3)cc2C(=O)NC2CC2)c(C)c1. The average molecular weight is 349 g/mol. The van der Waals surface area contributed by atoms with E-state index in [4.69, 9.17) is 0 Å². The van der Waals surface area contributed by atoms with Crippen LogP contribution in [0, 0.1) is 19.7 Å². The number of hydrogen-bond acceptors (Lipinski definition) is 2. The van der Waals surface area contributed by atoms with Crippen molar-refractivity contribution in [3.8, 4) is 16.9 Å². The summed E-state index contributed by atoms with van der Waals surface area (Å²) in [7, 11) is 0. The largest absolute Gasteiger partial charge is 0.348 e. The standard InChI is InChI=1S/C21H20FN3O/c1-13-3-10-19(14(2)11-13)25-20(21(26)23-17-8-9-17)12-18(24-25)15-4-6-16(22)7-5-15/h3-7,10-12,17H,8-9H2,1-2H3,(H,23,26). The van der Waals surface area contributed by atoms with Crippen molar-refractivity contribution in [3.63, 3.8) is 0 Å². The molecule has 1 heterocycles. The van der Waals surface area contributed by atoms with E-state index >= 15 is 0 Å². The monoisotopic (exact) mass is 349 g/mol. The van der Waals surface area contributed by atoms with Crippen LogP contribution in [0.4, 0.5) is 4.39 Å². The fourth-order valence-electron chi connectivity index (χ4n) is 3.02. The van der Waals surface area contributed by atoms with E-state index < -0.39 is 0 Å². The molecule has 4 rings (SSSR count). The molecule has 5 heteroatoms. The van der Waals surface area contributed by atoms with Crippen molar-refractivity contribution < 1.29 is 9.18 Å². The summed E-state index contributed by atoms with van der Waals surface area (Å²) in [6.45, 7) is 4.04. The number of carbonyl (C=O) groups is 1. The molecular formula is C21H20FN3O. The Hall–Kier alpha value is -2.95. The van der Waals surface area contributed by atoms with Crippen molar-refractivity contribution in [2.75, 3.05) is 0 Å². The van der Waals surface area contributed by atoms with Crippen LogP contribution in [0.3, 0.4) is 0 Å². The van der Waals surface area contributed by atoms with Gasteiger partial charge in [-0.05, 0) is 68.7 Å². The molecule has 1 amide bonds. The number of nitrogens with zero attached hydrogens (tertiary/aromatic N) is 2. The Morgan fingerprint density at radius 2 is 1.85 bits per heavy atom. The minimum absolute atomic E-state index is 0.131. The van der Waals surface area contributed by atoms with Crippen LogP contribution in [0.1, 0.15) is 34.5 Å². The Morgan fingerprint density at radius 1 is 1.12 bits per heavy atom. The van der Waals surface area contributed by atoms with Crippen molar-refractivity contribution in [1.82, 2.24) is 15.1 Å². The quantitative estimate of drug-likeness (QED) is 0.768. The Morgan fingerprint density at radius 3 is 2.50 bits per heavy atom. The number of benzene rings is 2. The summed E-state index contributed by atoms with van der Waals surface area (Å²) in [5, 5.41) is 7.68. The third-order valence-corrected chi connectivity index (χ3v) is 4.58. The molecule has 132 valence electrons. The molecule has 1 aromatic heterocycles. The summed E-state index contributed by atoms with van der Waals surface area (Å²) < 4.78 is 14.9. The summed E-state index contributed by atoms with van der Waals surface area (Å²) in [4.78, 5) is 12.7. The van der Waals surface area contributed by atoms with E-state index in [1.165, 1.54) is 12.1 Å². The minimum Gasteiger partial charge on any atom is -0.348 e. The van der Waals surface area contributed by atoms with E-state index in [-0.39, 0.29) is 17.8 Å². The van der Waals surface area contributed by atoms with Gasteiger partial charge in [-0.2, -0.15) is 5.10 Å². The molecule has 1 aliphatic rings. The average Bonchev–Trinajstić information content (AvgIpc) is 3.31. The Labute approximate surface area is 151 Å². The first-order chi connectivity index (χ1) is 12.5. The zero-order chi connectivity index (χ0) is 18.3. The first-order valence-electron chi connectivity index (χ1n) is 8.76. The van der Waals surface area contributed by atoms with Crippen molar-refractivity contribution in [1.29, 1.82) is 0 Å². The van der Waals surface area contributed by atoms with E-state index in [1.54, 1.807) is 22.9 Å². The molecule has 0 atom stereocenters. The number of nitrogens with one attached hydrogen (secondary N) is 1. The molecule has 0 bridgehead atoms. The van der Waals surface area contributed by atoms with Gasteiger partial charge in [-0.15, -0.1) is 0 Å². The van der Waals surface area contributed by atoms with E-state index in [0.717, 1.165) is 35.2 Å². The lowest BCUT2D eigenvalue weighted by atomic mass is 10.1. The molecule has 0 saturated heterocycles. The third kappa shape index (κ3) is 3.25. The van der Waals surface area contributed by atoms with Gasteiger partial charge in [0.1, 0.15) is 11.5 Å². The molecule has 1 saturated carbocycles. The van der Waals surface area contributed by atoms with Gasteiger partial charge < -0.3 is 5.32 Å². The highest BCUT2D eigenvalue weighted by Crippen LogP contribution is 2.25. The van der Waals surface area contributed by atoms with Crippen LogP contribution in [-0.2, 0) is 0 Å². The van der Waals surface area contributed by atoms with Crippen molar-refractivity contribution in [3.05, 3.63) is 71.2 Å². The Bertz CT molecular complexity index is 971. The van der Waals surface area contributed by atoms with Gasteiger partial charge in [0.15, 0.2) is 0 Å². The molecule has 26 heavy (non-hydrogen) atoms. The van der Waals surface area contributed by atoms with Crippen molar-refractivity contribution >= 4 is 5.91 Å². The number of rotatable bonds is 4. The highest BCUT2D eigenvalue weighted by Gasteiger charge is 2.26. The van der Waals surface area contributed by atoms with Crippen LogP contribution in [0.15, 0.2) is 48.5 Å². The molecule has 1 N–H and O–H groups in total. The molecular weight excluding hydrogens is 329 g/mol. The first kappa shape index (κ1) is 16.5. The zero-order valence-corrected chi connectivity index (χ0v) is 14.8. The highest BCUT2D eigenvalue weighted by atomic mass is 19.1. The molecule has 1 fully saturated rings. The fraction of sp³-hybridized carbons (Fsp3) is 0.238. The van der Waals surface area contributed by atoms with Gasteiger partial charge in [0.25, 0.3) is 5.91 Å². The van der Waals surface area contributed by atoms with E-state index in [0.29, 0.717) is 11.4 Å². The Kier molecular flexibility index (Phi) is 4.07. The summed E-state index contributed by atoms with van der Waals surface area (Å²) in [6.07, 6.45) is 2.04. The van der Waals surface area contributed by atoms with Gasteiger partial charge in [0.05, 0.1) is 11.4 Å². The van der Waals surface area contributed by atoms with E-state index in [1.807, 2.05) is 26.0 Å². The van der Waals surface area contributed by atoms with Crippen LogP contribution >= 0.6 is 0 Å². The van der Waals surface area contributed by atoms with Crippen LogP contribution < -0.4 is 5.32 Å². The number of halogens is 1. The lowest BCUT2D eigenvalue weighted by Gasteiger charge is -2.11. The maximum absolute atomic E-state index is 13.2. The van der Waals surface area contributed by atoms with Crippen LogP contribution in [0.5, 0.6) is 0 Å². The van der Waals surface area contributed by atoms with Crippen LogP contribution in [0.25, 0.3) is 16.9 Å². The second-order valence-electron chi connectivity index (χ2n) is 6.87. The predicted molar refractivity (Wildman–Crippen MR) is 98.9 cm³/mol.